The highest BCUT2D eigenvalue weighted by Gasteiger charge is 2.43. The summed E-state index contributed by atoms with van der Waals surface area (Å²) >= 11 is 0. The Morgan fingerprint density at radius 1 is 1.33 bits per heavy atom. The van der Waals surface area contributed by atoms with E-state index < -0.39 is 0 Å². The van der Waals surface area contributed by atoms with Crippen LogP contribution in [0.4, 0.5) is 0 Å². The maximum absolute atomic E-state index is 12.6. The number of hydrogen-bond donors (Lipinski definition) is 2. The third-order valence-electron chi connectivity index (χ3n) is 4.47. The fourth-order valence-electron chi connectivity index (χ4n) is 3.10. The molecule has 18 heavy (non-hydrogen) atoms. The topological polar surface area (TPSA) is 50.4 Å². The lowest BCUT2D eigenvalue weighted by atomic mass is 9.80. The molecule has 2 aliphatic heterocycles. The van der Waals surface area contributed by atoms with E-state index in [-0.39, 0.29) is 16.9 Å². The van der Waals surface area contributed by atoms with Crippen molar-refractivity contribution in [3.63, 3.8) is 0 Å². The zero-order chi connectivity index (χ0) is 13.1. The van der Waals surface area contributed by atoms with Crippen molar-refractivity contribution < 1.29 is 9.53 Å². The van der Waals surface area contributed by atoms with Crippen LogP contribution in [0.3, 0.4) is 0 Å². The van der Waals surface area contributed by atoms with Crippen LogP contribution in [0.5, 0.6) is 0 Å². The lowest BCUT2D eigenvalue weighted by Gasteiger charge is -2.38. The van der Waals surface area contributed by atoms with Crippen LogP contribution in [-0.2, 0) is 9.53 Å². The van der Waals surface area contributed by atoms with Crippen LogP contribution in [0.2, 0.25) is 0 Å². The first-order chi connectivity index (χ1) is 8.60. The van der Waals surface area contributed by atoms with Gasteiger partial charge in [-0.1, -0.05) is 13.3 Å². The molecule has 1 amide bonds. The van der Waals surface area contributed by atoms with E-state index in [2.05, 4.69) is 24.5 Å². The number of amides is 1. The Labute approximate surface area is 110 Å². The van der Waals surface area contributed by atoms with Crippen molar-refractivity contribution in [2.75, 3.05) is 26.3 Å². The van der Waals surface area contributed by atoms with Gasteiger partial charge in [0.05, 0.1) is 5.41 Å². The molecule has 2 rings (SSSR count). The molecule has 4 heteroatoms. The van der Waals surface area contributed by atoms with Crippen LogP contribution in [-0.4, -0.2) is 37.7 Å². The molecule has 0 spiro atoms. The van der Waals surface area contributed by atoms with E-state index in [9.17, 15) is 4.79 Å². The molecule has 2 heterocycles. The number of carbonyl (C=O) groups is 1. The second-order valence-corrected chi connectivity index (χ2v) is 6.08. The molecule has 0 aliphatic carbocycles. The van der Waals surface area contributed by atoms with Crippen molar-refractivity contribution in [2.45, 2.75) is 51.5 Å². The molecule has 2 saturated heterocycles. The summed E-state index contributed by atoms with van der Waals surface area (Å²) in [5.74, 6) is 0.249. The van der Waals surface area contributed by atoms with E-state index in [4.69, 9.17) is 4.74 Å². The monoisotopic (exact) mass is 254 g/mol. The van der Waals surface area contributed by atoms with Crippen molar-refractivity contribution in [2.24, 2.45) is 5.41 Å². The Kier molecular flexibility index (Phi) is 4.28. The molecular formula is C14H26N2O2. The summed E-state index contributed by atoms with van der Waals surface area (Å²) < 4.78 is 5.38. The van der Waals surface area contributed by atoms with Crippen molar-refractivity contribution in [1.29, 1.82) is 0 Å². The van der Waals surface area contributed by atoms with Crippen molar-refractivity contribution >= 4 is 5.91 Å². The van der Waals surface area contributed by atoms with Gasteiger partial charge in [-0.3, -0.25) is 4.79 Å². The molecule has 1 atom stereocenters. The fourth-order valence-corrected chi connectivity index (χ4v) is 3.10. The summed E-state index contributed by atoms with van der Waals surface area (Å²) in [5, 5.41) is 6.65. The maximum Gasteiger partial charge on any atom is 0.227 e. The van der Waals surface area contributed by atoms with E-state index in [0.29, 0.717) is 0 Å². The summed E-state index contributed by atoms with van der Waals surface area (Å²) in [5.41, 5.74) is -0.241. The van der Waals surface area contributed by atoms with Crippen LogP contribution in [0, 0.1) is 5.41 Å². The Balaban J connectivity index is 2.00. The van der Waals surface area contributed by atoms with Crippen LogP contribution in [0.1, 0.15) is 46.0 Å². The molecule has 0 aromatic rings. The highest BCUT2D eigenvalue weighted by molar-refractivity contribution is 5.84. The first-order valence-electron chi connectivity index (χ1n) is 7.21. The van der Waals surface area contributed by atoms with Gasteiger partial charge in [-0.05, 0) is 39.2 Å². The largest absolute Gasteiger partial charge is 0.381 e. The highest BCUT2D eigenvalue weighted by atomic mass is 16.5. The average molecular weight is 254 g/mol. The number of ether oxygens (including phenoxy) is 1. The molecule has 0 radical (unpaired) electrons. The Morgan fingerprint density at radius 3 is 2.61 bits per heavy atom. The summed E-state index contributed by atoms with van der Waals surface area (Å²) in [4.78, 5) is 12.6. The van der Waals surface area contributed by atoms with Gasteiger partial charge >= 0.3 is 0 Å². The van der Waals surface area contributed by atoms with Crippen LogP contribution in [0.15, 0.2) is 0 Å². The minimum Gasteiger partial charge on any atom is -0.381 e. The van der Waals surface area contributed by atoms with Gasteiger partial charge in [-0.15, -0.1) is 0 Å². The Morgan fingerprint density at radius 2 is 2.06 bits per heavy atom. The van der Waals surface area contributed by atoms with Gasteiger partial charge in [0.1, 0.15) is 0 Å². The Hall–Kier alpha value is -0.610. The third-order valence-corrected chi connectivity index (χ3v) is 4.47. The molecule has 2 fully saturated rings. The highest BCUT2D eigenvalue weighted by Crippen LogP contribution is 2.33. The summed E-state index contributed by atoms with van der Waals surface area (Å²) in [6.07, 6.45) is 4.87. The first kappa shape index (κ1) is 13.8. The minimum atomic E-state index is -0.171. The molecule has 0 aromatic carbocycles. The minimum absolute atomic E-state index is 0.0708. The molecule has 0 bridgehead atoms. The van der Waals surface area contributed by atoms with E-state index in [1.165, 1.54) is 0 Å². The molecule has 2 N–H and O–H groups in total. The van der Waals surface area contributed by atoms with E-state index in [0.717, 1.165) is 58.4 Å². The van der Waals surface area contributed by atoms with Gasteiger partial charge in [0.15, 0.2) is 0 Å². The zero-order valence-corrected chi connectivity index (χ0v) is 11.7. The molecule has 0 aromatic heterocycles. The number of rotatable bonds is 4. The number of nitrogens with one attached hydrogen (secondary N) is 2. The second kappa shape index (κ2) is 5.57. The lowest BCUT2D eigenvalue weighted by Crippen LogP contribution is -2.55. The van der Waals surface area contributed by atoms with E-state index in [1.807, 2.05) is 0 Å². The number of carbonyl (C=O) groups excluding carboxylic acids is 1. The fraction of sp³-hybridized carbons (Fsp3) is 0.929. The summed E-state index contributed by atoms with van der Waals surface area (Å²) in [6.45, 7) is 7.62. The van der Waals surface area contributed by atoms with Gasteiger partial charge in [0, 0.05) is 25.3 Å². The Bertz CT molecular complexity index is 292. The molecule has 1 unspecified atom stereocenters. The normalized spacial score (nSPS) is 31.2. The first-order valence-corrected chi connectivity index (χ1v) is 7.21. The van der Waals surface area contributed by atoms with Crippen molar-refractivity contribution in [3.05, 3.63) is 0 Å². The van der Waals surface area contributed by atoms with Crippen LogP contribution >= 0.6 is 0 Å². The maximum atomic E-state index is 12.6. The quantitative estimate of drug-likeness (QED) is 0.798. The zero-order valence-electron chi connectivity index (χ0n) is 11.7. The third kappa shape index (κ3) is 2.86. The van der Waals surface area contributed by atoms with Gasteiger partial charge in [-0.25, -0.2) is 0 Å². The second-order valence-electron chi connectivity index (χ2n) is 6.08. The van der Waals surface area contributed by atoms with E-state index in [1.54, 1.807) is 0 Å². The van der Waals surface area contributed by atoms with Crippen LogP contribution < -0.4 is 10.6 Å². The van der Waals surface area contributed by atoms with Gasteiger partial charge in [0.2, 0.25) is 5.91 Å². The van der Waals surface area contributed by atoms with E-state index >= 15 is 0 Å². The molecule has 104 valence electrons. The molecule has 0 saturated carbocycles. The molecule has 4 nitrogen and oxygen atoms in total. The van der Waals surface area contributed by atoms with Crippen LogP contribution in [0.25, 0.3) is 0 Å². The average Bonchev–Trinajstić information content (AvgIpc) is 2.80. The van der Waals surface area contributed by atoms with Crippen molar-refractivity contribution in [1.82, 2.24) is 10.6 Å². The lowest BCUT2D eigenvalue weighted by molar-refractivity contribution is -0.133. The predicted molar refractivity (Wildman–Crippen MR) is 71.4 cm³/mol. The summed E-state index contributed by atoms with van der Waals surface area (Å²) in [6, 6.07) is 0. The predicted octanol–water partition coefficient (Wildman–Crippen LogP) is 1.45. The SMILES string of the molecule is CCCC1(C(=O)NC2(C)CCOCC2)CCNC1. The standard InChI is InChI=1S/C14H26N2O2/c1-3-4-14(5-8-15-11-14)12(17)16-13(2)6-9-18-10-7-13/h15H,3-11H2,1-2H3,(H,16,17). The smallest absolute Gasteiger partial charge is 0.227 e. The number of hydrogen-bond acceptors (Lipinski definition) is 3. The van der Waals surface area contributed by atoms with Crippen molar-refractivity contribution in [3.8, 4) is 0 Å². The van der Waals surface area contributed by atoms with Gasteiger partial charge in [-0.2, -0.15) is 0 Å². The van der Waals surface area contributed by atoms with Gasteiger partial charge in [0.25, 0.3) is 0 Å². The van der Waals surface area contributed by atoms with Gasteiger partial charge < -0.3 is 15.4 Å². The molecule has 2 aliphatic rings. The molecular weight excluding hydrogens is 228 g/mol. The summed E-state index contributed by atoms with van der Waals surface area (Å²) in [7, 11) is 0.